The number of anilines is 1. The van der Waals surface area contributed by atoms with Crippen molar-refractivity contribution in [2.75, 3.05) is 11.9 Å². The molecule has 0 amide bonds. The number of aliphatic carboxylic acids is 1. The van der Waals surface area contributed by atoms with E-state index in [1.807, 2.05) is 32.9 Å². The highest BCUT2D eigenvalue weighted by Crippen LogP contribution is 2.16. The van der Waals surface area contributed by atoms with Gasteiger partial charge in [0.15, 0.2) is 5.65 Å². The van der Waals surface area contributed by atoms with Gasteiger partial charge in [0.05, 0.1) is 5.92 Å². The van der Waals surface area contributed by atoms with E-state index in [0.717, 1.165) is 17.0 Å². The highest BCUT2D eigenvalue weighted by atomic mass is 16.4. The third-order valence-corrected chi connectivity index (χ3v) is 3.16. The maximum Gasteiger partial charge on any atom is 0.308 e. The van der Waals surface area contributed by atoms with Crippen molar-refractivity contribution in [1.29, 1.82) is 0 Å². The fourth-order valence-electron chi connectivity index (χ4n) is 2.25. The fraction of sp³-hybridized carbons (Fsp3) is 0.500. The number of aromatic nitrogens is 3. The molecule has 6 nitrogen and oxygen atoms in total. The van der Waals surface area contributed by atoms with Gasteiger partial charge in [-0.2, -0.15) is 9.61 Å². The number of pyridine rings is 1. The second-order valence-electron chi connectivity index (χ2n) is 5.49. The van der Waals surface area contributed by atoms with Gasteiger partial charge in [-0.05, 0) is 37.0 Å². The Hall–Kier alpha value is -2.11. The number of hydrogen-bond acceptors (Lipinski definition) is 4. The molecule has 0 aliphatic rings. The van der Waals surface area contributed by atoms with Crippen molar-refractivity contribution >= 4 is 17.4 Å². The van der Waals surface area contributed by atoms with Crippen molar-refractivity contribution in [3.8, 4) is 0 Å². The number of carboxylic acids is 1. The van der Waals surface area contributed by atoms with E-state index in [-0.39, 0.29) is 0 Å². The molecule has 0 radical (unpaired) electrons. The highest BCUT2D eigenvalue weighted by Gasteiger charge is 2.19. The second-order valence-corrected chi connectivity index (χ2v) is 5.49. The second kappa shape index (κ2) is 5.90. The molecule has 2 aromatic heterocycles. The molecule has 1 unspecified atom stereocenters. The number of aryl methyl sites for hydroxylation is 1. The van der Waals surface area contributed by atoms with Crippen LogP contribution in [0, 0.1) is 18.8 Å². The summed E-state index contributed by atoms with van der Waals surface area (Å²) < 4.78 is 1.68. The lowest BCUT2D eigenvalue weighted by molar-refractivity contribution is -0.141. The SMILES string of the molecule is Cc1cc(NCC(CC(C)C)C(=O)O)n2ncnc2c1. The summed E-state index contributed by atoms with van der Waals surface area (Å²) in [7, 11) is 0. The van der Waals surface area contributed by atoms with Crippen LogP contribution in [0.3, 0.4) is 0 Å². The topological polar surface area (TPSA) is 79.5 Å². The summed E-state index contributed by atoms with van der Waals surface area (Å²) in [5, 5.41) is 16.6. The average Bonchev–Trinajstić information content (AvgIpc) is 2.81. The number of fused-ring (bicyclic) bond motifs is 1. The Labute approximate surface area is 117 Å². The predicted molar refractivity (Wildman–Crippen MR) is 76.8 cm³/mol. The summed E-state index contributed by atoms with van der Waals surface area (Å²) in [4.78, 5) is 15.4. The van der Waals surface area contributed by atoms with Crippen LogP contribution in [-0.2, 0) is 4.79 Å². The van der Waals surface area contributed by atoms with Gasteiger partial charge >= 0.3 is 5.97 Å². The van der Waals surface area contributed by atoms with Crippen molar-refractivity contribution in [3.63, 3.8) is 0 Å². The molecule has 0 aliphatic carbocycles. The van der Waals surface area contributed by atoms with Crippen LogP contribution in [0.25, 0.3) is 5.65 Å². The van der Waals surface area contributed by atoms with Crippen LogP contribution in [0.15, 0.2) is 18.5 Å². The summed E-state index contributed by atoms with van der Waals surface area (Å²) in [5.41, 5.74) is 1.81. The molecule has 0 bridgehead atoms. The fourth-order valence-corrected chi connectivity index (χ4v) is 2.25. The maximum atomic E-state index is 11.3. The van der Waals surface area contributed by atoms with Gasteiger partial charge in [0.25, 0.3) is 0 Å². The van der Waals surface area contributed by atoms with E-state index >= 15 is 0 Å². The molecule has 2 heterocycles. The molecule has 2 N–H and O–H groups in total. The van der Waals surface area contributed by atoms with Gasteiger partial charge < -0.3 is 10.4 Å². The molecule has 2 aromatic rings. The van der Waals surface area contributed by atoms with Gasteiger partial charge in [0, 0.05) is 6.54 Å². The molecule has 0 saturated carbocycles. The third-order valence-electron chi connectivity index (χ3n) is 3.16. The molecule has 0 saturated heterocycles. The van der Waals surface area contributed by atoms with Crippen molar-refractivity contribution < 1.29 is 9.90 Å². The van der Waals surface area contributed by atoms with Gasteiger partial charge in [-0.3, -0.25) is 4.79 Å². The van der Waals surface area contributed by atoms with Crippen molar-refractivity contribution in [3.05, 3.63) is 24.0 Å². The number of nitrogens with one attached hydrogen (secondary N) is 1. The van der Waals surface area contributed by atoms with E-state index in [4.69, 9.17) is 0 Å². The number of nitrogens with zero attached hydrogens (tertiary/aromatic N) is 3. The van der Waals surface area contributed by atoms with E-state index in [1.54, 1.807) is 4.52 Å². The van der Waals surface area contributed by atoms with E-state index in [0.29, 0.717) is 18.9 Å². The zero-order valence-electron chi connectivity index (χ0n) is 12.0. The Kier molecular flexibility index (Phi) is 4.22. The van der Waals surface area contributed by atoms with Crippen LogP contribution in [0.2, 0.25) is 0 Å². The lowest BCUT2D eigenvalue weighted by Gasteiger charge is -2.16. The number of carboxylic acid groups (broad SMARTS) is 1. The largest absolute Gasteiger partial charge is 0.481 e. The van der Waals surface area contributed by atoms with E-state index in [1.165, 1.54) is 6.33 Å². The summed E-state index contributed by atoms with van der Waals surface area (Å²) in [6.07, 6.45) is 2.14. The van der Waals surface area contributed by atoms with Crippen molar-refractivity contribution in [2.24, 2.45) is 11.8 Å². The standard InChI is InChI=1S/C14H20N4O2/c1-9(2)4-11(14(19)20)7-15-12-5-10(3)6-13-16-8-17-18(12)13/h5-6,8-9,11,15H,4,7H2,1-3H3,(H,19,20). The van der Waals surface area contributed by atoms with Gasteiger partial charge in [0.1, 0.15) is 12.1 Å². The monoisotopic (exact) mass is 276 g/mol. The van der Waals surface area contributed by atoms with Gasteiger partial charge in [-0.25, -0.2) is 4.98 Å². The maximum absolute atomic E-state index is 11.3. The minimum Gasteiger partial charge on any atom is -0.481 e. The van der Waals surface area contributed by atoms with Crippen LogP contribution in [0.5, 0.6) is 0 Å². The van der Waals surface area contributed by atoms with E-state index < -0.39 is 11.9 Å². The molecule has 2 rings (SSSR count). The minimum absolute atomic E-state index is 0.349. The van der Waals surface area contributed by atoms with Gasteiger partial charge in [-0.15, -0.1) is 0 Å². The Morgan fingerprint density at radius 2 is 2.20 bits per heavy atom. The first-order chi connectivity index (χ1) is 9.47. The quantitative estimate of drug-likeness (QED) is 0.845. The molecular formula is C14H20N4O2. The average molecular weight is 276 g/mol. The van der Waals surface area contributed by atoms with Crippen molar-refractivity contribution in [1.82, 2.24) is 14.6 Å². The first-order valence-corrected chi connectivity index (χ1v) is 6.74. The zero-order chi connectivity index (χ0) is 14.7. The summed E-state index contributed by atoms with van der Waals surface area (Å²) in [6, 6.07) is 3.87. The van der Waals surface area contributed by atoms with Crippen LogP contribution >= 0.6 is 0 Å². The minimum atomic E-state index is -0.770. The molecule has 6 heteroatoms. The number of rotatable bonds is 6. The molecule has 20 heavy (non-hydrogen) atoms. The molecule has 108 valence electrons. The van der Waals surface area contributed by atoms with E-state index in [2.05, 4.69) is 15.4 Å². The van der Waals surface area contributed by atoms with E-state index in [9.17, 15) is 9.90 Å². The molecule has 1 atom stereocenters. The normalized spacial score (nSPS) is 12.8. The number of carbonyl (C=O) groups is 1. The summed E-state index contributed by atoms with van der Waals surface area (Å²) in [6.45, 7) is 6.41. The highest BCUT2D eigenvalue weighted by molar-refractivity contribution is 5.70. The van der Waals surface area contributed by atoms with Crippen LogP contribution in [0.4, 0.5) is 5.82 Å². The zero-order valence-corrected chi connectivity index (χ0v) is 12.0. The van der Waals surface area contributed by atoms with Gasteiger partial charge in [0.2, 0.25) is 0 Å². The van der Waals surface area contributed by atoms with Crippen LogP contribution < -0.4 is 5.32 Å². The third kappa shape index (κ3) is 3.26. The Bertz CT molecular complexity index is 606. The first-order valence-electron chi connectivity index (χ1n) is 6.74. The Morgan fingerprint density at radius 3 is 2.85 bits per heavy atom. The summed E-state index contributed by atoms with van der Waals surface area (Å²) in [5.74, 6) is -0.0583. The van der Waals surface area contributed by atoms with Crippen LogP contribution in [-0.4, -0.2) is 32.2 Å². The van der Waals surface area contributed by atoms with Crippen LogP contribution in [0.1, 0.15) is 25.8 Å². The smallest absolute Gasteiger partial charge is 0.308 e. The predicted octanol–water partition coefficient (Wildman–Crippen LogP) is 2.20. The Morgan fingerprint density at radius 1 is 1.45 bits per heavy atom. The van der Waals surface area contributed by atoms with Gasteiger partial charge in [-0.1, -0.05) is 13.8 Å². The van der Waals surface area contributed by atoms with Crippen molar-refractivity contribution in [2.45, 2.75) is 27.2 Å². The lowest BCUT2D eigenvalue weighted by Crippen LogP contribution is -2.25. The summed E-state index contributed by atoms with van der Waals surface area (Å²) >= 11 is 0. The Balaban J connectivity index is 2.15. The molecule has 0 fully saturated rings. The molecule has 0 aromatic carbocycles. The molecular weight excluding hydrogens is 256 g/mol. The molecule has 0 spiro atoms. The first kappa shape index (κ1) is 14.3. The molecule has 0 aliphatic heterocycles. The lowest BCUT2D eigenvalue weighted by atomic mass is 9.97. The number of hydrogen-bond donors (Lipinski definition) is 2.